The molecule has 0 fully saturated rings. The predicted molar refractivity (Wildman–Crippen MR) is 90.2 cm³/mol. The maximum Gasteiger partial charge on any atom is 0.273 e. The van der Waals surface area contributed by atoms with Gasteiger partial charge in [0.25, 0.3) is 15.9 Å². The molecule has 0 spiro atoms. The molecule has 0 bridgehead atoms. The van der Waals surface area contributed by atoms with Crippen LogP contribution in [0.15, 0.2) is 71.8 Å². The number of anilines is 2. The lowest BCUT2D eigenvalue weighted by atomic mass is 10.2. The van der Waals surface area contributed by atoms with Gasteiger partial charge in [0.1, 0.15) is 5.69 Å². The van der Waals surface area contributed by atoms with Gasteiger partial charge in [0.2, 0.25) is 0 Å². The van der Waals surface area contributed by atoms with Crippen molar-refractivity contribution >= 4 is 27.3 Å². The van der Waals surface area contributed by atoms with Crippen LogP contribution in [-0.2, 0) is 10.0 Å². The lowest BCUT2D eigenvalue weighted by Crippen LogP contribution is -2.14. The van der Waals surface area contributed by atoms with Crippen molar-refractivity contribution in [2.45, 2.75) is 4.90 Å². The normalized spacial score (nSPS) is 11.0. The van der Waals surface area contributed by atoms with Gasteiger partial charge < -0.3 is 5.32 Å². The van der Waals surface area contributed by atoms with Gasteiger partial charge in [0.05, 0.1) is 10.6 Å². The average Bonchev–Trinajstić information content (AvgIpc) is 3.10. The van der Waals surface area contributed by atoms with Crippen LogP contribution in [0.5, 0.6) is 0 Å². The molecule has 122 valence electrons. The van der Waals surface area contributed by atoms with Crippen molar-refractivity contribution in [2.75, 3.05) is 10.0 Å². The van der Waals surface area contributed by atoms with E-state index < -0.39 is 10.0 Å². The Morgan fingerprint density at radius 2 is 1.71 bits per heavy atom. The smallest absolute Gasteiger partial charge is 0.273 e. The zero-order valence-electron chi connectivity index (χ0n) is 12.4. The van der Waals surface area contributed by atoms with Crippen LogP contribution in [0.4, 0.5) is 11.4 Å². The maximum absolute atomic E-state index is 12.3. The zero-order chi connectivity index (χ0) is 17.0. The van der Waals surface area contributed by atoms with Crippen LogP contribution in [0.2, 0.25) is 0 Å². The molecule has 3 aromatic rings. The Morgan fingerprint density at radius 1 is 0.958 bits per heavy atom. The molecule has 3 rings (SSSR count). The molecule has 2 aromatic carbocycles. The Bertz CT molecular complexity index is 938. The molecule has 0 saturated carbocycles. The highest BCUT2D eigenvalue weighted by Gasteiger charge is 2.14. The number of aromatic amines is 1. The number of benzene rings is 2. The molecule has 0 aliphatic rings. The van der Waals surface area contributed by atoms with Crippen LogP contribution in [0, 0.1) is 0 Å². The number of carbonyl (C=O) groups excluding carboxylic acids is 1. The van der Waals surface area contributed by atoms with Crippen LogP contribution in [-0.4, -0.2) is 24.5 Å². The summed E-state index contributed by atoms with van der Waals surface area (Å²) < 4.78 is 27.1. The highest BCUT2D eigenvalue weighted by molar-refractivity contribution is 7.92. The molecule has 0 aliphatic heterocycles. The number of sulfonamides is 1. The molecule has 0 unspecified atom stereocenters. The minimum absolute atomic E-state index is 0.164. The van der Waals surface area contributed by atoms with Crippen LogP contribution in [0.3, 0.4) is 0 Å². The summed E-state index contributed by atoms with van der Waals surface area (Å²) in [7, 11) is -3.68. The van der Waals surface area contributed by atoms with E-state index in [1.54, 1.807) is 36.4 Å². The summed E-state index contributed by atoms with van der Waals surface area (Å²) in [6.07, 6.45) is 1.47. The summed E-state index contributed by atoms with van der Waals surface area (Å²) in [6, 6.07) is 16.0. The molecule has 24 heavy (non-hydrogen) atoms. The van der Waals surface area contributed by atoms with Gasteiger partial charge in [-0.3, -0.25) is 14.6 Å². The molecule has 0 saturated heterocycles. The first kappa shape index (κ1) is 15.8. The van der Waals surface area contributed by atoms with E-state index in [1.165, 1.54) is 30.5 Å². The summed E-state index contributed by atoms with van der Waals surface area (Å²) >= 11 is 0. The van der Waals surface area contributed by atoms with Crippen molar-refractivity contribution in [3.63, 3.8) is 0 Å². The summed E-state index contributed by atoms with van der Waals surface area (Å²) in [4.78, 5) is 12.1. The molecule has 8 heteroatoms. The molecule has 1 amide bonds. The number of rotatable bonds is 5. The van der Waals surface area contributed by atoms with E-state index in [9.17, 15) is 13.2 Å². The largest absolute Gasteiger partial charge is 0.321 e. The standard InChI is InChI=1S/C16H14N4O3S/c21-16(15-9-10-17-19-15)18-12-5-4-6-13(11-12)20-24(22,23)14-7-2-1-3-8-14/h1-11,20H,(H,17,19)(H,18,21). The number of hydrogen-bond donors (Lipinski definition) is 3. The second-order valence-electron chi connectivity index (χ2n) is 4.92. The van der Waals surface area contributed by atoms with Crippen molar-refractivity contribution in [3.8, 4) is 0 Å². The van der Waals surface area contributed by atoms with Gasteiger partial charge in [0.15, 0.2) is 0 Å². The minimum Gasteiger partial charge on any atom is -0.321 e. The zero-order valence-corrected chi connectivity index (χ0v) is 13.2. The van der Waals surface area contributed by atoms with Crippen molar-refractivity contribution in [3.05, 3.63) is 72.6 Å². The van der Waals surface area contributed by atoms with Crippen molar-refractivity contribution in [1.82, 2.24) is 10.2 Å². The van der Waals surface area contributed by atoms with Crippen LogP contribution >= 0.6 is 0 Å². The summed E-state index contributed by atoms with van der Waals surface area (Å²) in [5, 5.41) is 8.93. The first-order valence-electron chi connectivity index (χ1n) is 7.03. The molecule has 0 radical (unpaired) electrons. The first-order valence-corrected chi connectivity index (χ1v) is 8.51. The second kappa shape index (κ2) is 6.55. The Balaban J connectivity index is 1.77. The van der Waals surface area contributed by atoms with Gasteiger partial charge in [-0.1, -0.05) is 24.3 Å². The molecular formula is C16H14N4O3S. The number of amides is 1. The van der Waals surface area contributed by atoms with E-state index in [4.69, 9.17) is 0 Å². The van der Waals surface area contributed by atoms with Crippen LogP contribution in [0.25, 0.3) is 0 Å². The van der Waals surface area contributed by atoms with Crippen molar-refractivity contribution < 1.29 is 13.2 Å². The summed E-state index contributed by atoms with van der Waals surface area (Å²) in [6.45, 7) is 0. The Morgan fingerprint density at radius 3 is 2.42 bits per heavy atom. The average molecular weight is 342 g/mol. The van der Waals surface area contributed by atoms with Crippen molar-refractivity contribution in [2.24, 2.45) is 0 Å². The van der Waals surface area contributed by atoms with Crippen LogP contribution < -0.4 is 10.0 Å². The van der Waals surface area contributed by atoms with Gasteiger partial charge in [-0.15, -0.1) is 0 Å². The number of H-pyrrole nitrogens is 1. The topological polar surface area (TPSA) is 104 Å². The third-order valence-corrected chi connectivity index (χ3v) is 4.57. The highest BCUT2D eigenvalue weighted by atomic mass is 32.2. The van der Waals surface area contributed by atoms with E-state index in [0.29, 0.717) is 17.1 Å². The van der Waals surface area contributed by atoms with Gasteiger partial charge in [0, 0.05) is 11.9 Å². The van der Waals surface area contributed by atoms with E-state index in [0.717, 1.165) is 0 Å². The number of carbonyl (C=O) groups is 1. The summed E-state index contributed by atoms with van der Waals surface area (Å²) in [5.41, 5.74) is 1.12. The monoisotopic (exact) mass is 342 g/mol. The van der Waals surface area contributed by atoms with Gasteiger partial charge >= 0.3 is 0 Å². The third kappa shape index (κ3) is 3.61. The Labute approximate surface area is 138 Å². The quantitative estimate of drug-likeness (QED) is 0.662. The Hall–Kier alpha value is -3.13. The van der Waals surface area contributed by atoms with Gasteiger partial charge in [-0.2, -0.15) is 5.10 Å². The second-order valence-corrected chi connectivity index (χ2v) is 6.61. The van der Waals surface area contributed by atoms with Gasteiger partial charge in [-0.05, 0) is 36.4 Å². The lowest BCUT2D eigenvalue weighted by molar-refractivity contribution is 0.102. The molecule has 0 aliphatic carbocycles. The van der Waals surface area contributed by atoms with E-state index >= 15 is 0 Å². The third-order valence-electron chi connectivity index (χ3n) is 3.17. The first-order chi connectivity index (χ1) is 11.5. The fraction of sp³-hybridized carbons (Fsp3) is 0. The number of nitrogens with zero attached hydrogens (tertiary/aromatic N) is 1. The molecular weight excluding hydrogens is 328 g/mol. The summed E-state index contributed by atoms with van der Waals surface area (Å²) in [5.74, 6) is -0.365. The number of aromatic nitrogens is 2. The molecule has 1 aromatic heterocycles. The van der Waals surface area contributed by atoms with Crippen molar-refractivity contribution in [1.29, 1.82) is 0 Å². The molecule has 0 atom stereocenters. The molecule has 7 nitrogen and oxygen atoms in total. The predicted octanol–water partition coefficient (Wildman–Crippen LogP) is 2.46. The SMILES string of the molecule is O=C(Nc1cccc(NS(=O)(=O)c2ccccc2)c1)c1ccn[nH]1. The maximum atomic E-state index is 12.3. The minimum atomic E-state index is -3.68. The lowest BCUT2D eigenvalue weighted by Gasteiger charge is -2.10. The van der Waals surface area contributed by atoms with E-state index in [-0.39, 0.29) is 10.8 Å². The fourth-order valence-corrected chi connectivity index (χ4v) is 3.13. The van der Waals surface area contributed by atoms with Crippen LogP contribution in [0.1, 0.15) is 10.5 Å². The number of nitrogens with one attached hydrogen (secondary N) is 3. The van der Waals surface area contributed by atoms with E-state index in [2.05, 4.69) is 20.2 Å². The van der Waals surface area contributed by atoms with Gasteiger partial charge in [-0.25, -0.2) is 8.42 Å². The Kier molecular flexibility index (Phi) is 4.30. The molecule has 3 N–H and O–H groups in total. The fourth-order valence-electron chi connectivity index (χ4n) is 2.05. The number of hydrogen-bond acceptors (Lipinski definition) is 4. The highest BCUT2D eigenvalue weighted by Crippen LogP contribution is 2.19. The van der Waals surface area contributed by atoms with E-state index in [1.807, 2.05) is 0 Å². The molecule has 1 heterocycles.